The SMILES string of the molecule is COc1ccc(COCC[C@@H](C)[C@@H](O)CO)cc1. The molecule has 0 saturated carbocycles. The summed E-state index contributed by atoms with van der Waals surface area (Å²) in [7, 11) is 1.64. The van der Waals surface area contributed by atoms with Crippen molar-refractivity contribution in [2.45, 2.75) is 26.1 Å². The lowest BCUT2D eigenvalue weighted by atomic mass is 10.0. The Morgan fingerprint density at radius 3 is 2.44 bits per heavy atom. The van der Waals surface area contributed by atoms with Crippen LogP contribution < -0.4 is 4.74 Å². The van der Waals surface area contributed by atoms with E-state index in [0.717, 1.165) is 17.7 Å². The van der Waals surface area contributed by atoms with Crippen molar-refractivity contribution in [3.8, 4) is 5.75 Å². The number of ether oxygens (including phenoxy) is 2. The predicted octanol–water partition coefficient (Wildman–Crippen LogP) is 1.59. The summed E-state index contributed by atoms with van der Waals surface area (Å²) in [6.45, 7) is 2.83. The quantitative estimate of drug-likeness (QED) is 0.692. The minimum Gasteiger partial charge on any atom is -0.497 e. The van der Waals surface area contributed by atoms with E-state index >= 15 is 0 Å². The molecule has 0 aliphatic rings. The summed E-state index contributed by atoms with van der Waals surface area (Å²) in [5.41, 5.74) is 1.09. The van der Waals surface area contributed by atoms with Gasteiger partial charge in [-0.2, -0.15) is 0 Å². The van der Waals surface area contributed by atoms with Gasteiger partial charge in [0.15, 0.2) is 0 Å². The van der Waals surface area contributed by atoms with E-state index in [2.05, 4.69) is 0 Å². The molecule has 1 aromatic carbocycles. The number of rotatable bonds is 8. The van der Waals surface area contributed by atoms with Crippen LogP contribution in [-0.2, 0) is 11.3 Å². The van der Waals surface area contributed by atoms with Crippen LogP contribution in [-0.4, -0.2) is 36.6 Å². The molecule has 0 amide bonds. The summed E-state index contributed by atoms with van der Waals surface area (Å²) < 4.78 is 10.6. The van der Waals surface area contributed by atoms with Gasteiger partial charge in [-0.05, 0) is 30.0 Å². The lowest BCUT2D eigenvalue weighted by Crippen LogP contribution is -2.22. The first-order chi connectivity index (χ1) is 8.67. The van der Waals surface area contributed by atoms with Gasteiger partial charge in [-0.3, -0.25) is 0 Å². The number of aliphatic hydroxyl groups excluding tert-OH is 2. The fourth-order valence-corrected chi connectivity index (χ4v) is 1.55. The van der Waals surface area contributed by atoms with Gasteiger partial charge in [0.2, 0.25) is 0 Å². The van der Waals surface area contributed by atoms with Crippen molar-refractivity contribution in [1.82, 2.24) is 0 Å². The molecule has 4 heteroatoms. The largest absolute Gasteiger partial charge is 0.497 e. The van der Waals surface area contributed by atoms with Crippen molar-refractivity contribution in [1.29, 1.82) is 0 Å². The van der Waals surface area contributed by atoms with Crippen molar-refractivity contribution in [2.75, 3.05) is 20.3 Å². The Morgan fingerprint density at radius 1 is 1.22 bits per heavy atom. The van der Waals surface area contributed by atoms with E-state index < -0.39 is 6.10 Å². The minimum atomic E-state index is -0.658. The highest BCUT2D eigenvalue weighted by molar-refractivity contribution is 5.26. The Labute approximate surface area is 108 Å². The van der Waals surface area contributed by atoms with Crippen LogP contribution in [0.4, 0.5) is 0 Å². The Kier molecular flexibility index (Phi) is 6.72. The first-order valence-electron chi connectivity index (χ1n) is 6.17. The van der Waals surface area contributed by atoms with Gasteiger partial charge in [0, 0.05) is 6.61 Å². The fraction of sp³-hybridized carbons (Fsp3) is 0.571. The van der Waals surface area contributed by atoms with E-state index in [1.165, 1.54) is 0 Å². The lowest BCUT2D eigenvalue weighted by Gasteiger charge is -2.16. The molecule has 0 spiro atoms. The molecule has 0 heterocycles. The molecule has 2 atom stereocenters. The fourth-order valence-electron chi connectivity index (χ4n) is 1.55. The maximum absolute atomic E-state index is 9.38. The van der Waals surface area contributed by atoms with Gasteiger partial charge in [-0.1, -0.05) is 19.1 Å². The molecule has 0 bridgehead atoms. The average Bonchev–Trinajstić information content (AvgIpc) is 2.43. The Hall–Kier alpha value is -1.10. The zero-order chi connectivity index (χ0) is 13.4. The summed E-state index contributed by atoms with van der Waals surface area (Å²) in [6, 6.07) is 7.73. The Bertz CT molecular complexity index is 323. The third kappa shape index (κ3) is 5.04. The molecule has 0 aliphatic carbocycles. The zero-order valence-corrected chi connectivity index (χ0v) is 11.0. The first-order valence-corrected chi connectivity index (χ1v) is 6.17. The van der Waals surface area contributed by atoms with Crippen molar-refractivity contribution in [3.05, 3.63) is 29.8 Å². The molecule has 0 fully saturated rings. The second kappa shape index (κ2) is 8.08. The topological polar surface area (TPSA) is 58.9 Å². The average molecular weight is 254 g/mol. The normalized spacial score (nSPS) is 14.2. The highest BCUT2D eigenvalue weighted by Crippen LogP contribution is 2.13. The third-order valence-corrected chi connectivity index (χ3v) is 2.99. The molecule has 1 rings (SSSR count). The summed E-state index contributed by atoms with van der Waals surface area (Å²) in [6.07, 6.45) is 0.0762. The Balaban J connectivity index is 2.21. The molecule has 4 nitrogen and oxygen atoms in total. The molecule has 0 unspecified atom stereocenters. The van der Waals surface area contributed by atoms with Crippen molar-refractivity contribution >= 4 is 0 Å². The lowest BCUT2D eigenvalue weighted by molar-refractivity contribution is 0.0314. The maximum Gasteiger partial charge on any atom is 0.118 e. The second-order valence-electron chi connectivity index (χ2n) is 4.42. The van der Waals surface area contributed by atoms with Crippen molar-refractivity contribution in [2.24, 2.45) is 5.92 Å². The predicted molar refractivity (Wildman–Crippen MR) is 69.5 cm³/mol. The molecular weight excluding hydrogens is 232 g/mol. The van der Waals surface area contributed by atoms with Crippen LogP contribution in [0.15, 0.2) is 24.3 Å². The summed E-state index contributed by atoms with van der Waals surface area (Å²) in [5.74, 6) is 0.879. The van der Waals surface area contributed by atoms with Crippen LogP contribution in [0.1, 0.15) is 18.9 Å². The standard InChI is InChI=1S/C14H22O4/c1-11(14(16)9-15)7-8-18-10-12-3-5-13(17-2)6-4-12/h3-6,11,14-16H,7-10H2,1-2H3/t11-,14+/m1/s1. The minimum absolute atomic E-state index is 0.0471. The van der Waals surface area contributed by atoms with Crippen LogP contribution in [0.3, 0.4) is 0 Å². The number of hydrogen-bond donors (Lipinski definition) is 2. The van der Waals surface area contributed by atoms with Gasteiger partial charge >= 0.3 is 0 Å². The van der Waals surface area contributed by atoms with Crippen molar-refractivity contribution in [3.63, 3.8) is 0 Å². The summed E-state index contributed by atoms with van der Waals surface area (Å²) in [5, 5.41) is 18.2. The molecule has 0 aromatic heterocycles. The van der Waals surface area contributed by atoms with Gasteiger partial charge in [0.1, 0.15) is 5.75 Å². The van der Waals surface area contributed by atoms with E-state index in [4.69, 9.17) is 14.6 Å². The maximum atomic E-state index is 9.38. The van der Waals surface area contributed by atoms with Crippen LogP contribution in [0.2, 0.25) is 0 Å². The van der Waals surface area contributed by atoms with Crippen LogP contribution in [0.5, 0.6) is 5.75 Å². The van der Waals surface area contributed by atoms with Gasteiger partial charge in [-0.15, -0.1) is 0 Å². The van der Waals surface area contributed by atoms with Gasteiger partial charge in [-0.25, -0.2) is 0 Å². The summed E-state index contributed by atoms with van der Waals surface area (Å²) in [4.78, 5) is 0. The van der Waals surface area contributed by atoms with E-state index in [0.29, 0.717) is 13.2 Å². The molecule has 18 heavy (non-hydrogen) atoms. The molecule has 1 aromatic rings. The van der Waals surface area contributed by atoms with E-state index in [1.807, 2.05) is 31.2 Å². The van der Waals surface area contributed by atoms with Crippen LogP contribution >= 0.6 is 0 Å². The highest BCUT2D eigenvalue weighted by atomic mass is 16.5. The second-order valence-corrected chi connectivity index (χ2v) is 4.42. The van der Waals surface area contributed by atoms with Gasteiger partial charge in [0.05, 0.1) is 26.4 Å². The molecule has 2 N–H and O–H groups in total. The van der Waals surface area contributed by atoms with Gasteiger partial charge in [0.25, 0.3) is 0 Å². The van der Waals surface area contributed by atoms with E-state index in [1.54, 1.807) is 7.11 Å². The monoisotopic (exact) mass is 254 g/mol. The zero-order valence-electron chi connectivity index (χ0n) is 11.0. The summed E-state index contributed by atoms with van der Waals surface area (Å²) >= 11 is 0. The molecule has 0 aliphatic heterocycles. The van der Waals surface area contributed by atoms with Crippen LogP contribution in [0, 0.1) is 5.92 Å². The van der Waals surface area contributed by atoms with E-state index in [9.17, 15) is 5.11 Å². The Morgan fingerprint density at radius 2 is 1.89 bits per heavy atom. The van der Waals surface area contributed by atoms with E-state index in [-0.39, 0.29) is 12.5 Å². The number of aliphatic hydroxyl groups is 2. The van der Waals surface area contributed by atoms with Crippen molar-refractivity contribution < 1.29 is 19.7 Å². The number of hydrogen-bond acceptors (Lipinski definition) is 4. The molecule has 0 saturated heterocycles. The molecular formula is C14H22O4. The number of benzene rings is 1. The first kappa shape index (κ1) is 15.0. The van der Waals surface area contributed by atoms with Gasteiger partial charge < -0.3 is 19.7 Å². The smallest absolute Gasteiger partial charge is 0.118 e. The number of methoxy groups -OCH3 is 1. The van der Waals surface area contributed by atoms with Crippen LogP contribution in [0.25, 0.3) is 0 Å². The highest BCUT2D eigenvalue weighted by Gasteiger charge is 2.12. The molecule has 102 valence electrons. The third-order valence-electron chi connectivity index (χ3n) is 2.99. The molecule has 0 radical (unpaired) electrons.